The fourth-order valence-corrected chi connectivity index (χ4v) is 7.16. The number of aliphatic hydroxyl groups excluding tert-OH is 2. The van der Waals surface area contributed by atoms with Crippen LogP contribution in [-0.4, -0.2) is 47.4 Å². The molecule has 6 heteroatoms. The van der Waals surface area contributed by atoms with E-state index in [-0.39, 0.29) is 41.3 Å². The van der Waals surface area contributed by atoms with Crippen LogP contribution in [0.5, 0.6) is 0 Å². The molecule has 0 aromatic carbocycles. The molecule has 1 heterocycles. The van der Waals surface area contributed by atoms with E-state index in [1.165, 1.54) is 7.11 Å². The fraction of sp³-hybridized carbons (Fsp3) is 0.810. The Labute approximate surface area is 159 Å². The Hall–Kier alpha value is -1.24. The molecule has 1 aliphatic heterocycles. The monoisotopic (exact) mass is 378 g/mol. The number of hydrogen-bond acceptors (Lipinski definition) is 6. The number of aliphatic hydroxyl groups is 2. The van der Waals surface area contributed by atoms with Crippen molar-refractivity contribution < 1.29 is 29.3 Å². The highest BCUT2D eigenvalue weighted by molar-refractivity contribution is 6.00. The van der Waals surface area contributed by atoms with Gasteiger partial charge in [0.15, 0.2) is 17.8 Å². The molecule has 0 aromatic rings. The molecule has 10 atom stereocenters. The Balaban J connectivity index is 1.93. The lowest BCUT2D eigenvalue weighted by Crippen LogP contribution is -2.73. The zero-order valence-corrected chi connectivity index (χ0v) is 16.6. The summed E-state index contributed by atoms with van der Waals surface area (Å²) in [6.07, 6.45) is 0.373. The number of ether oxygens (including phenoxy) is 2. The molecule has 0 amide bonds. The highest BCUT2D eigenvalue weighted by Gasteiger charge is 2.72. The lowest BCUT2D eigenvalue weighted by Gasteiger charge is -2.67. The van der Waals surface area contributed by atoms with Crippen molar-refractivity contribution in [2.24, 2.45) is 40.4 Å². The van der Waals surface area contributed by atoms with Gasteiger partial charge >= 0.3 is 0 Å². The minimum atomic E-state index is -1.22. The molecule has 0 bridgehead atoms. The van der Waals surface area contributed by atoms with Gasteiger partial charge in [0.05, 0.1) is 13.2 Å². The molecule has 3 aliphatic carbocycles. The quantitative estimate of drug-likeness (QED) is 0.721. The molecule has 2 saturated carbocycles. The smallest absolute Gasteiger partial charge is 0.203 e. The van der Waals surface area contributed by atoms with E-state index >= 15 is 0 Å². The van der Waals surface area contributed by atoms with Gasteiger partial charge in [0.2, 0.25) is 5.78 Å². The summed E-state index contributed by atoms with van der Waals surface area (Å²) < 4.78 is 11.3. The Morgan fingerprint density at radius 3 is 2.44 bits per heavy atom. The number of carbonyl (C=O) groups is 2. The second-order valence-corrected chi connectivity index (χ2v) is 9.45. The summed E-state index contributed by atoms with van der Waals surface area (Å²) in [5.41, 5.74) is -1.48. The highest BCUT2D eigenvalue weighted by Crippen LogP contribution is 2.67. The first-order chi connectivity index (χ1) is 12.6. The Morgan fingerprint density at radius 2 is 1.81 bits per heavy atom. The van der Waals surface area contributed by atoms with E-state index in [0.717, 1.165) is 0 Å². The lowest BCUT2D eigenvalue weighted by atomic mass is 9.38. The van der Waals surface area contributed by atoms with Crippen LogP contribution in [0.3, 0.4) is 0 Å². The van der Waals surface area contributed by atoms with Gasteiger partial charge < -0.3 is 19.7 Å². The van der Waals surface area contributed by atoms with Crippen molar-refractivity contribution in [2.75, 3.05) is 7.11 Å². The van der Waals surface area contributed by atoms with Crippen molar-refractivity contribution in [3.8, 4) is 0 Å². The molecule has 10 unspecified atom stereocenters. The molecule has 4 aliphatic rings. The van der Waals surface area contributed by atoms with E-state index in [1.54, 1.807) is 0 Å². The summed E-state index contributed by atoms with van der Waals surface area (Å²) in [6.45, 7) is 7.79. The molecule has 150 valence electrons. The van der Waals surface area contributed by atoms with Crippen molar-refractivity contribution in [3.63, 3.8) is 0 Å². The second kappa shape index (κ2) is 5.88. The summed E-state index contributed by atoms with van der Waals surface area (Å²) >= 11 is 0. The molecular weight excluding hydrogens is 348 g/mol. The lowest BCUT2D eigenvalue weighted by molar-refractivity contribution is -0.302. The van der Waals surface area contributed by atoms with Gasteiger partial charge in [0.25, 0.3) is 0 Å². The number of allylic oxidation sites excluding steroid dienone is 2. The van der Waals surface area contributed by atoms with E-state index in [2.05, 4.69) is 0 Å². The first-order valence-corrected chi connectivity index (χ1v) is 9.94. The van der Waals surface area contributed by atoms with Crippen LogP contribution in [0.1, 0.15) is 40.5 Å². The van der Waals surface area contributed by atoms with Gasteiger partial charge in [-0.05, 0) is 30.3 Å². The van der Waals surface area contributed by atoms with E-state index in [9.17, 15) is 19.8 Å². The van der Waals surface area contributed by atoms with Gasteiger partial charge in [0, 0.05) is 29.1 Å². The summed E-state index contributed by atoms with van der Waals surface area (Å²) in [7, 11) is 1.49. The molecule has 4 rings (SSSR count). The average Bonchev–Trinajstić information content (AvgIpc) is 2.61. The normalized spacial score (nSPS) is 54.7. The predicted octanol–water partition coefficient (Wildman–Crippen LogP) is 1.69. The van der Waals surface area contributed by atoms with Crippen molar-refractivity contribution in [1.29, 1.82) is 0 Å². The van der Waals surface area contributed by atoms with Crippen LogP contribution in [0, 0.1) is 40.4 Å². The number of rotatable bonds is 1. The molecule has 0 radical (unpaired) electrons. The Bertz CT molecular complexity index is 715. The molecule has 1 saturated heterocycles. The van der Waals surface area contributed by atoms with Gasteiger partial charge in [-0.25, -0.2) is 0 Å². The molecule has 3 fully saturated rings. The SMILES string of the molecule is COC1=CC(C)C2CC3OC(O)CC4C(C)C(=O)C(O)C(C2(C)C1=O)C34C. The van der Waals surface area contributed by atoms with Crippen LogP contribution in [0.4, 0.5) is 0 Å². The number of hydrogen-bond donors (Lipinski definition) is 2. The second-order valence-electron chi connectivity index (χ2n) is 9.45. The third-order valence-corrected chi connectivity index (χ3v) is 8.47. The maximum absolute atomic E-state index is 13.5. The highest BCUT2D eigenvalue weighted by atomic mass is 16.6. The van der Waals surface area contributed by atoms with Crippen LogP contribution in [-0.2, 0) is 19.1 Å². The van der Waals surface area contributed by atoms with Gasteiger partial charge in [-0.2, -0.15) is 0 Å². The number of methoxy groups -OCH3 is 1. The van der Waals surface area contributed by atoms with E-state index in [0.29, 0.717) is 18.6 Å². The van der Waals surface area contributed by atoms with Crippen LogP contribution in [0.2, 0.25) is 0 Å². The van der Waals surface area contributed by atoms with Crippen LogP contribution in [0.25, 0.3) is 0 Å². The number of fused-ring (bicyclic) bond motifs is 2. The van der Waals surface area contributed by atoms with E-state index < -0.39 is 29.1 Å². The van der Waals surface area contributed by atoms with Crippen molar-refractivity contribution >= 4 is 11.6 Å². The van der Waals surface area contributed by atoms with Gasteiger partial charge in [0.1, 0.15) is 6.10 Å². The van der Waals surface area contributed by atoms with Gasteiger partial charge in [-0.15, -0.1) is 0 Å². The molecule has 0 spiro atoms. The molecular formula is C21H30O6. The largest absolute Gasteiger partial charge is 0.493 e. The Morgan fingerprint density at radius 1 is 1.15 bits per heavy atom. The maximum Gasteiger partial charge on any atom is 0.203 e. The summed E-state index contributed by atoms with van der Waals surface area (Å²) in [6, 6.07) is 0. The Kier molecular flexibility index (Phi) is 4.16. The molecule has 27 heavy (non-hydrogen) atoms. The summed E-state index contributed by atoms with van der Waals surface area (Å²) in [4.78, 5) is 26.4. The fourth-order valence-electron chi connectivity index (χ4n) is 7.16. The van der Waals surface area contributed by atoms with E-state index in [1.807, 2.05) is 33.8 Å². The van der Waals surface area contributed by atoms with E-state index in [4.69, 9.17) is 9.47 Å². The number of ketones is 2. The van der Waals surface area contributed by atoms with Crippen molar-refractivity contribution in [2.45, 2.75) is 59.0 Å². The number of carbonyl (C=O) groups excluding carboxylic acids is 2. The van der Waals surface area contributed by atoms with Crippen LogP contribution < -0.4 is 0 Å². The minimum absolute atomic E-state index is 0.0370. The topological polar surface area (TPSA) is 93.1 Å². The summed E-state index contributed by atoms with van der Waals surface area (Å²) in [5.74, 6) is -1.18. The van der Waals surface area contributed by atoms with Crippen LogP contribution in [0.15, 0.2) is 11.8 Å². The number of Topliss-reactive ketones (excluding diaryl/α,β-unsaturated/α-hetero) is 2. The first kappa shape index (κ1) is 19.1. The zero-order valence-electron chi connectivity index (χ0n) is 16.6. The molecule has 6 nitrogen and oxygen atoms in total. The zero-order chi connectivity index (χ0) is 19.9. The van der Waals surface area contributed by atoms with Crippen molar-refractivity contribution in [3.05, 3.63) is 11.8 Å². The summed E-state index contributed by atoms with van der Waals surface area (Å²) in [5, 5.41) is 21.4. The molecule has 2 N–H and O–H groups in total. The standard InChI is InChI=1S/C21H30O6/c1-9-6-13(26-5)19(25)21(4)11(9)7-14-20(3)12(8-15(22)27-14)10(2)16(23)17(24)18(20)21/h6,9-12,14-15,17-18,22,24H,7-8H2,1-5H3. The maximum atomic E-state index is 13.5. The minimum Gasteiger partial charge on any atom is -0.493 e. The van der Waals surface area contributed by atoms with Crippen molar-refractivity contribution in [1.82, 2.24) is 0 Å². The predicted molar refractivity (Wildman–Crippen MR) is 96.2 cm³/mol. The van der Waals surface area contributed by atoms with Crippen LogP contribution >= 0.6 is 0 Å². The molecule has 0 aromatic heterocycles. The third kappa shape index (κ3) is 2.18. The van der Waals surface area contributed by atoms with Gasteiger partial charge in [-0.1, -0.05) is 27.7 Å². The average molecular weight is 378 g/mol. The third-order valence-electron chi connectivity index (χ3n) is 8.47. The van der Waals surface area contributed by atoms with Gasteiger partial charge in [-0.3, -0.25) is 9.59 Å². The first-order valence-electron chi connectivity index (χ1n) is 9.94.